The van der Waals surface area contributed by atoms with Gasteiger partial charge in [-0.3, -0.25) is 0 Å². The molecule has 0 amide bonds. The molecule has 0 saturated carbocycles. The molecular formula is C11H18N2O2. The van der Waals surface area contributed by atoms with E-state index in [1.54, 1.807) is 6.26 Å². The average Bonchev–Trinajstić information content (AvgIpc) is 2.79. The average molecular weight is 210 g/mol. The van der Waals surface area contributed by atoms with Gasteiger partial charge in [0.15, 0.2) is 0 Å². The van der Waals surface area contributed by atoms with Gasteiger partial charge in [-0.1, -0.05) is 0 Å². The molecule has 0 aliphatic carbocycles. The van der Waals surface area contributed by atoms with Crippen LogP contribution in [0.3, 0.4) is 0 Å². The highest BCUT2D eigenvalue weighted by molar-refractivity contribution is 4.98. The molecule has 0 bridgehead atoms. The summed E-state index contributed by atoms with van der Waals surface area (Å²) in [5.41, 5.74) is 0. The lowest BCUT2D eigenvalue weighted by Crippen LogP contribution is -2.44. The van der Waals surface area contributed by atoms with Gasteiger partial charge in [0.05, 0.1) is 19.0 Å². The Kier molecular flexibility index (Phi) is 4.20. The summed E-state index contributed by atoms with van der Waals surface area (Å²) in [5, 5.41) is 6.67. The first-order chi connectivity index (χ1) is 7.45. The predicted octanol–water partition coefficient (Wildman–Crippen LogP) is 0.400. The molecule has 1 aliphatic rings. The molecule has 1 fully saturated rings. The number of hydrogen-bond donors (Lipinski definition) is 2. The lowest BCUT2D eigenvalue weighted by molar-refractivity contribution is 0.0294. The van der Waals surface area contributed by atoms with Gasteiger partial charge in [-0.2, -0.15) is 0 Å². The van der Waals surface area contributed by atoms with Crippen molar-refractivity contribution in [3.63, 3.8) is 0 Å². The third kappa shape index (κ3) is 3.66. The Labute approximate surface area is 90.0 Å². The number of hydrogen-bond acceptors (Lipinski definition) is 4. The molecule has 1 aromatic heterocycles. The summed E-state index contributed by atoms with van der Waals surface area (Å²) in [5.74, 6) is 1.03. The van der Waals surface area contributed by atoms with Crippen LogP contribution in [0.2, 0.25) is 0 Å². The van der Waals surface area contributed by atoms with Crippen LogP contribution in [0.1, 0.15) is 5.76 Å². The van der Waals surface area contributed by atoms with Crippen molar-refractivity contribution in [2.24, 2.45) is 0 Å². The lowest BCUT2D eigenvalue weighted by Gasteiger charge is -2.23. The molecule has 1 unspecified atom stereocenters. The van der Waals surface area contributed by atoms with E-state index in [0.29, 0.717) is 6.10 Å². The van der Waals surface area contributed by atoms with Gasteiger partial charge < -0.3 is 19.8 Å². The van der Waals surface area contributed by atoms with Gasteiger partial charge in [0.2, 0.25) is 0 Å². The molecule has 1 aromatic rings. The van der Waals surface area contributed by atoms with Crippen LogP contribution >= 0.6 is 0 Å². The van der Waals surface area contributed by atoms with Crippen LogP contribution in [0.25, 0.3) is 0 Å². The maximum Gasteiger partial charge on any atom is 0.105 e. The van der Waals surface area contributed by atoms with Gasteiger partial charge in [0.25, 0.3) is 0 Å². The van der Waals surface area contributed by atoms with E-state index < -0.39 is 0 Å². The van der Waals surface area contributed by atoms with E-state index in [4.69, 9.17) is 9.15 Å². The van der Waals surface area contributed by atoms with Gasteiger partial charge in [0, 0.05) is 32.6 Å². The molecule has 4 heteroatoms. The number of rotatable bonds is 5. The fourth-order valence-corrected chi connectivity index (χ4v) is 1.68. The maximum atomic E-state index is 5.57. The van der Waals surface area contributed by atoms with Gasteiger partial charge in [0.1, 0.15) is 5.76 Å². The second-order valence-electron chi connectivity index (χ2n) is 3.73. The van der Waals surface area contributed by atoms with E-state index in [0.717, 1.165) is 45.0 Å². The summed E-state index contributed by atoms with van der Waals surface area (Å²) in [6.45, 7) is 4.60. The van der Waals surface area contributed by atoms with Gasteiger partial charge in [-0.25, -0.2) is 0 Å². The first-order valence-corrected chi connectivity index (χ1v) is 5.50. The molecule has 0 radical (unpaired) electrons. The highest BCUT2D eigenvalue weighted by Gasteiger charge is 2.11. The smallest absolute Gasteiger partial charge is 0.105 e. The third-order valence-corrected chi connectivity index (χ3v) is 2.50. The fourth-order valence-electron chi connectivity index (χ4n) is 1.68. The van der Waals surface area contributed by atoms with Crippen molar-refractivity contribution >= 4 is 0 Å². The van der Waals surface area contributed by atoms with E-state index in [9.17, 15) is 0 Å². The van der Waals surface area contributed by atoms with Crippen molar-refractivity contribution in [3.8, 4) is 0 Å². The second kappa shape index (κ2) is 5.90. The first kappa shape index (κ1) is 10.7. The summed E-state index contributed by atoms with van der Waals surface area (Å²) in [7, 11) is 0. The van der Waals surface area contributed by atoms with Crippen molar-refractivity contribution in [2.45, 2.75) is 12.5 Å². The van der Waals surface area contributed by atoms with E-state index in [1.807, 2.05) is 12.1 Å². The molecule has 0 aromatic carbocycles. The highest BCUT2D eigenvalue weighted by Crippen LogP contribution is 1.99. The first-order valence-electron chi connectivity index (χ1n) is 5.50. The Balaban J connectivity index is 1.54. The van der Waals surface area contributed by atoms with Gasteiger partial charge in [-0.15, -0.1) is 0 Å². The minimum atomic E-state index is 0.315. The summed E-state index contributed by atoms with van der Waals surface area (Å²) in [4.78, 5) is 0. The van der Waals surface area contributed by atoms with Crippen LogP contribution in [-0.2, 0) is 11.2 Å². The quantitative estimate of drug-likeness (QED) is 0.691. The lowest BCUT2D eigenvalue weighted by atomic mass is 10.3. The topological polar surface area (TPSA) is 46.4 Å². The van der Waals surface area contributed by atoms with Crippen LogP contribution in [0, 0.1) is 0 Å². The van der Waals surface area contributed by atoms with Crippen LogP contribution in [0.5, 0.6) is 0 Å². The van der Waals surface area contributed by atoms with E-state index in [1.165, 1.54) is 0 Å². The van der Waals surface area contributed by atoms with Crippen molar-refractivity contribution < 1.29 is 9.15 Å². The highest BCUT2D eigenvalue weighted by atomic mass is 16.5. The molecule has 4 nitrogen and oxygen atoms in total. The zero-order valence-electron chi connectivity index (χ0n) is 8.87. The molecule has 2 rings (SSSR count). The van der Waals surface area contributed by atoms with Crippen LogP contribution in [0.15, 0.2) is 22.8 Å². The molecule has 2 heterocycles. The minimum absolute atomic E-state index is 0.315. The Morgan fingerprint density at radius 2 is 2.53 bits per heavy atom. The number of ether oxygens (including phenoxy) is 1. The van der Waals surface area contributed by atoms with Crippen molar-refractivity contribution in [1.82, 2.24) is 10.6 Å². The Morgan fingerprint density at radius 1 is 1.53 bits per heavy atom. The molecule has 1 saturated heterocycles. The Hall–Kier alpha value is -0.840. The zero-order chi connectivity index (χ0) is 10.3. The van der Waals surface area contributed by atoms with Gasteiger partial charge >= 0.3 is 0 Å². The van der Waals surface area contributed by atoms with E-state index in [2.05, 4.69) is 10.6 Å². The van der Waals surface area contributed by atoms with Crippen molar-refractivity contribution in [1.29, 1.82) is 0 Å². The maximum absolute atomic E-state index is 5.57. The van der Waals surface area contributed by atoms with Crippen molar-refractivity contribution in [3.05, 3.63) is 24.2 Å². The summed E-state index contributed by atoms with van der Waals surface area (Å²) in [6.07, 6.45) is 2.96. The number of morpholine rings is 1. The zero-order valence-corrected chi connectivity index (χ0v) is 8.87. The molecule has 15 heavy (non-hydrogen) atoms. The monoisotopic (exact) mass is 210 g/mol. The number of furan rings is 1. The summed E-state index contributed by atoms with van der Waals surface area (Å²) >= 11 is 0. The van der Waals surface area contributed by atoms with Crippen molar-refractivity contribution in [2.75, 3.05) is 32.8 Å². The predicted molar refractivity (Wildman–Crippen MR) is 57.9 cm³/mol. The van der Waals surface area contributed by atoms with E-state index >= 15 is 0 Å². The third-order valence-electron chi connectivity index (χ3n) is 2.50. The standard InChI is InChI=1S/C11H18N2O2/c1-2-10(14-6-1)3-4-12-8-11-9-13-5-7-15-11/h1-2,6,11-13H,3-5,7-9H2. The minimum Gasteiger partial charge on any atom is -0.469 e. The molecule has 1 aliphatic heterocycles. The van der Waals surface area contributed by atoms with Crippen LogP contribution < -0.4 is 10.6 Å². The molecule has 1 atom stereocenters. The normalized spacial score (nSPS) is 21.7. The van der Waals surface area contributed by atoms with E-state index in [-0.39, 0.29) is 0 Å². The molecule has 2 N–H and O–H groups in total. The summed E-state index contributed by atoms with van der Waals surface area (Å²) < 4.78 is 10.8. The molecule has 84 valence electrons. The second-order valence-corrected chi connectivity index (χ2v) is 3.73. The fraction of sp³-hybridized carbons (Fsp3) is 0.636. The Bertz CT molecular complexity index is 256. The largest absolute Gasteiger partial charge is 0.469 e. The summed E-state index contributed by atoms with van der Waals surface area (Å²) in [6, 6.07) is 3.92. The van der Waals surface area contributed by atoms with Crippen LogP contribution in [-0.4, -0.2) is 38.9 Å². The molecule has 0 spiro atoms. The molecular weight excluding hydrogens is 192 g/mol. The van der Waals surface area contributed by atoms with Crippen LogP contribution in [0.4, 0.5) is 0 Å². The van der Waals surface area contributed by atoms with Gasteiger partial charge in [-0.05, 0) is 12.1 Å². The Morgan fingerprint density at radius 3 is 3.27 bits per heavy atom. The number of nitrogens with one attached hydrogen (secondary N) is 2. The SMILES string of the molecule is c1coc(CCNCC2CNCCO2)c1.